The first-order chi connectivity index (χ1) is 8.51. The van der Waals surface area contributed by atoms with Crippen molar-refractivity contribution in [3.63, 3.8) is 0 Å². The van der Waals surface area contributed by atoms with E-state index in [4.69, 9.17) is 18.0 Å². The van der Waals surface area contributed by atoms with Crippen LogP contribution in [0.4, 0.5) is 10.1 Å². The second-order valence-corrected chi connectivity index (χ2v) is 4.92. The largest absolute Gasteiger partial charge is 0.392 e. The molecule has 1 aliphatic carbocycles. The Kier molecular flexibility index (Phi) is 3.34. The average molecular weight is 266 g/mol. The van der Waals surface area contributed by atoms with Gasteiger partial charge >= 0.3 is 0 Å². The van der Waals surface area contributed by atoms with Gasteiger partial charge in [-0.05, 0) is 38.0 Å². The molecule has 0 radical (unpaired) electrons. The predicted octanol–water partition coefficient (Wildman–Crippen LogP) is 2.24. The van der Waals surface area contributed by atoms with Crippen LogP contribution in [0.3, 0.4) is 0 Å². The summed E-state index contributed by atoms with van der Waals surface area (Å²) < 4.78 is 13.2. The summed E-state index contributed by atoms with van der Waals surface area (Å²) in [6, 6.07) is 5.99. The highest BCUT2D eigenvalue weighted by Gasteiger charge is 2.54. The van der Waals surface area contributed by atoms with Crippen LogP contribution < -0.4 is 10.6 Å². The van der Waals surface area contributed by atoms with Gasteiger partial charge < -0.3 is 10.6 Å². The Balaban J connectivity index is 2.30. The predicted molar refractivity (Wildman–Crippen MR) is 72.9 cm³/mol. The van der Waals surface area contributed by atoms with E-state index in [2.05, 4.69) is 0 Å². The van der Waals surface area contributed by atoms with Crippen molar-refractivity contribution in [1.29, 1.82) is 0 Å². The minimum absolute atomic E-state index is 0.122. The monoisotopic (exact) mass is 266 g/mol. The lowest BCUT2D eigenvalue weighted by Gasteiger charge is -2.25. The fourth-order valence-corrected chi connectivity index (χ4v) is 2.33. The zero-order chi connectivity index (χ0) is 13.3. The number of anilines is 1. The summed E-state index contributed by atoms with van der Waals surface area (Å²) in [6.07, 6.45) is 1.37. The molecule has 0 saturated heterocycles. The normalized spacial score (nSPS) is 16.1. The molecule has 0 aromatic heterocycles. The first-order valence-corrected chi connectivity index (χ1v) is 6.29. The van der Waals surface area contributed by atoms with Crippen molar-refractivity contribution < 1.29 is 9.18 Å². The molecule has 0 bridgehead atoms. The Morgan fingerprint density at radius 2 is 2.22 bits per heavy atom. The Hall–Kier alpha value is -1.49. The third-order valence-electron chi connectivity index (χ3n) is 3.31. The Labute approximate surface area is 111 Å². The number of nitrogens with two attached hydrogens (primary N) is 1. The van der Waals surface area contributed by atoms with Gasteiger partial charge in [0.25, 0.3) is 0 Å². The molecule has 3 nitrogen and oxygen atoms in total. The van der Waals surface area contributed by atoms with Gasteiger partial charge in [0.05, 0.1) is 10.4 Å². The van der Waals surface area contributed by atoms with Gasteiger partial charge in [-0.2, -0.15) is 0 Å². The van der Waals surface area contributed by atoms with Crippen molar-refractivity contribution in [3.05, 3.63) is 30.1 Å². The van der Waals surface area contributed by atoms with Gasteiger partial charge in [-0.25, -0.2) is 4.39 Å². The van der Waals surface area contributed by atoms with Crippen LogP contribution in [0.2, 0.25) is 0 Å². The molecule has 96 valence electrons. The van der Waals surface area contributed by atoms with Gasteiger partial charge in [-0.3, -0.25) is 4.79 Å². The van der Waals surface area contributed by atoms with E-state index in [9.17, 15) is 9.18 Å². The highest BCUT2D eigenvalue weighted by molar-refractivity contribution is 7.80. The van der Waals surface area contributed by atoms with Crippen LogP contribution in [0.25, 0.3) is 0 Å². The number of hydrogen-bond acceptors (Lipinski definition) is 2. The first-order valence-electron chi connectivity index (χ1n) is 5.88. The Bertz CT molecular complexity index is 500. The number of amides is 1. The molecule has 1 aromatic carbocycles. The number of benzene rings is 1. The van der Waals surface area contributed by atoms with Gasteiger partial charge in [-0.15, -0.1) is 0 Å². The van der Waals surface area contributed by atoms with Crippen LogP contribution in [0, 0.1) is 11.2 Å². The standard InChI is InChI=1S/C13H15FN2OS/c1-2-16(10-5-3-4-9(14)8-10)12(17)13(6-7-13)11(15)18/h3-5,8H,2,6-7H2,1H3,(H2,15,18). The summed E-state index contributed by atoms with van der Waals surface area (Å²) in [5.41, 5.74) is 5.49. The molecule has 1 aromatic rings. The maximum Gasteiger partial charge on any atom is 0.240 e. The maximum absolute atomic E-state index is 13.2. The molecule has 1 saturated carbocycles. The summed E-state index contributed by atoms with van der Waals surface area (Å²) in [5.74, 6) is -0.484. The minimum Gasteiger partial charge on any atom is -0.392 e. The summed E-state index contributed by atoms with van der Waals surface area (Å²) in [7, 11) is 0. The molecule has 0 aliphatic heterocycles. The number of hydrogen-bond donors (Lipinski definition) is 1. The Morgan fingerprint density at radius 1 is 1.56 bits per heavy atom. The zero-order valence-corrected chi connectivity index (χ0v) is 11.0. The zero-order valence-electron chi connectivity index (χ0n) is 10.1. The van der Waals surface area contributed by atoms with Crippen molar-refractivity contribution in [1.82, 2.24) is 0 Å². The lowest BCUT2D eigenvalue weighted by atomic mass is 10.1. The van der Waals surface area contributed by atoms with E-state index in [0.717, 1.165) is 0 Å². The van der Waals surface area contributed by atoms with Gasteiger partial charge in [0.1, 0.15) is 5.82 Å². The molecule has 18 heavy (non-hydrogen) atoms. The van der Waals surface area contributed by atoms with E-state index in [0.29, 0.717) is 25.1 Å². The molecular formula is C13H15FN2OS. The highest BCUT2D eigenvalue weighted by atomic mass is 32.1. The van der Waals surface area contributed by atoms with Crippen LogP contribution >= 0.6 is 12.2 Å². The molecular weight excluding hydrogens is 251 g/mol. The van der Waals surface area contributed by atoms with Crippen LogP contribution in [0.1, 0.15) is 19.8 Å². The molecule has 0 unspecified atom stereocenters. The van der Waals surface area contributed by atoms with E-state index in [-0.39, 0.29) is 16.7 Å². The SMILES string of the molecule is CCN(C(=O)C1(C(N)=S)CC1)c1cccc(F)c1. The van der Waals surface area contributed by atoms with Crippen LogP contribution in [0.5, 0.6) is 0 Å². The third-order valence-corrected chi connectivity index (χ3v) is 3.70. The number of carbonyl (C=O) groups excluding carboxylic acids is 1. The molecule has 0 heterocycles. The fourth-order valence-electron chi connectivity index (χ4n) is 2.04. The molecule has 0 atom stereocenters. The second-order valence-electron chi connectivity index (χ2n) is 4.48. The van der Waals surface area contributed by atoms with E-state index in [1.807, 2.05) is 6.92 Å². The molecule has 1 aliphatic rings. The van der Waals surface area contributed by atoms with Gasteiger partial charge in [0.2, 0.25) is 5.91 Å². The smallest absolute Gasteiger partial charge is 0.240 e. The lowest BCUT2D eigenvalue weighted by molar-refractivity contribution is -0.121. The second kappa shape index (κ2) is 4.65. The first kappa shape index (κ1) is 13.0. The molecule has 0 spiro atoms. The van der Waals surface area contributed by atoms with Crippen LogP contribution in [-0.2, 0) is 4.79 Å². The number of nitrogens with zero attached hydrogens (tertiary/aromatic N) is 1. The van der Waals surface area contributed by atoms with Crippen molar-refractivity contribution in [2.24, 2.45) is 11.1 Å². The topological polar surface area (TPSA) is 46.3 Å². The summed E-state index contributed by atoms with van der Waals surface area (Å²) in [6.45, 7) is 2.31. The summed E-state index contributed by atoms with van der Waals surface area (Å²) in [4.78, 5) is 14.2. The minimum atomic E-state index is -0.697. The van der Waals surface area contributed by atoms with Crippen molar-refractivity contribution in [2.75, 3.05) is 11.4 Å². The molecule has 1 amide bonds. The van der Waals surface area contributed by atoms with Crippen molar-refractivity contribution in [3.8, 4) is 0 Å². The van der Waals surface area contributed by atoms with Gasteiger partial charge in [0, 0.05) is 12.2 Å². The maximum atomic E-state index is 13.2. The van der Waals surface area contributed by atoms with Crippen molar-refractivity contribution >= 4 is 28.8 Å². The summed E-state index contributed by atoms with van der Waals surface area (Å²) in [5, 5.41) is 0. The van der Waals surface area contributed by atoms with Crippen molar-refractivity contribution in [2.45, 2.75) is 19.8 Å². The quantitative estimate of drug-likeness (QED) is 0.850. The molecule has 2 N–H and O–H groups in total. The van der Waals surface area contributed by atoms with Gasteiger partial charge in [0.15, 0.2) is 0 Å². The number of rotatable bonds is 4. The van der Waals surface area contributed by atoms with E-state index < -0.39 is 5.41 Å². The van der Waals surface area contributed by atoms with Crippen LogP contribution in [0.15, 0.2) is 24.3 Å². The molecule has 5 heteroatoms. The number of halogens is 1. The van der Waals surface area contributed by atoms with Crippen LogP contribution in [-0.4, -0.2) is 17.4 Å². The number of carbonyl (C=O) groups is 1. The van der Waals surface area contributed by atoms with E-state index in [1.54, 1.807) is 12.1 Å². The average Bonchev–Trinajstić information content (AvgIpc) is 3.11. The third kappa shape index (κ3) is 2.10. The van der Waals surface area contributed by atoms with E-state index in [1.165, 1.54) is 17.0 Å². The van der Waals surface area contributed by atoms with E-state index >= 15 is 0 Å². The summed E-state index contributed by atoms with van der Waals surface area (Å²) >= 11 is 4.97. The lowest BCUT2D eigenvalue weighted by Crippen LogP contribution is -2.42. The fraction of sp³-hybridized carbons (Fsp3) is 0.385. The molecule has 1 fully saturated rings. The highest BCUT2D eigenvalue weighted by Crippen LogP contribution is 2.48. The molecule has 2 rings (SSSR count). The number of thiocarbonyl (C=S) groups is 1. The Morgan fingerprint density at radius 3 is 2.67 bits per heavy atom. The van der Waals surface area contributed by atoms with Gasteiger partial charge in [-0.1, -0.05) is 18.3 Å².